The fraction of sp³-hybridized carbons (Fsp3) is 0.500. The molecule has 2 heterocycles. The summed E-state index contributed by atoms with van der Waals surface area (Å²) in [5.41, 5.74) is 1.77. The van der Waals surface area contributed by atoms with Crippen molar-refractivity contribution in [1.29, 1.82) is 0 Å². The third-order valence-corrected chi connectivity index (χ3v) is 5.88. The molecule has 1 aromatic carbocycles. The Morgan fingerprint density at radius 1 is 1.21 bits per heavy atom. The van der Waals surface area contributed by atoms with Crippen molar-refractivity contribution in [3.8, 4) is 0 Å². The van der Waals surface area contributed by atoms with Gasteiger partial charge in [0.2, 0.25) is 21.8 Å². The number of hydrogen-bond acceptors (Lipinski definition) is 4. The minimum atomic E-state index is -3.54. The van der Waals surface area contributed by atoms with Crippen molar-refractivity contribution in [1.82, 2.24) is 14.5 Å². The van der Waals surface area contributed by atoms with E-state index in [-0.39, 0.29) is 30.7 Å². The van der Waals surface area contributed by atoms with Crippen molar-refractivity contribution >= 4 is 21.8 Å². The quantitative estimate of drug-likeness (QED) is 0.818. The van der Waals surface area contributed by atoms with Crippen LogP contribution in [0.25, 0.3) is 0 Å². The zero-order chi connectivity index (χ0) is 17.5. The van der Waals surface area contributed by atoms with E-state index in [2.05, 4.69) is 4.72 Å². The molecule has 24 heavy (non-hydrogen) atoms. The Labute approximate surface area is 141 Å². The third kappa shape index (κ3) is 3.44. The molecular formula is C16H21N3O4S. The van der Waals surface area contributed by atoms with Crippen molar-refractivity contribution in [2.75, 3.05) is 20.1 Å². The molecule has 2 aliphatic heterocycles. The molecule has 2 atom stereocenters. The molecular weight excluding hydrogens is 330 g/mol. The number of piperazine rings is 1. The summed E-state index contributed by atoms with van der Waals surface area (Å²) in [6, 6.07) is 6.33. The van der Waals surface area contributed by atoms with Gasteiger partial charge in [-0.05, 0) is 18.9 Å². The van der Waals surface area contributed by atoms with Crippen LogP contribution in [0.3, 0.4) is 0 Å². The van der Waals surface area contributed by atoms with Gasteiger partial charge in [0.25, 0.3) is 0 Å². The highest BCUT2D eigenvalue weighted by molar-refractivity contribution is 7.88. The number of nitrogens with one attached hydrogen (secondary N) is 1. The first-order valence-corrected chi connectivity index (χ1v) is 9.50. The van der Waals surface area contributed by atoms with Crippen molar-refractivity contribution in [2.45, 2.75) is 31.2 Å². The number of carbonyl (C=O) groups is 2. The number of benzene rings is 1. The van der Waals surface area contributed by atoms with Gasteiger partial charge in [0.15, 0.2) is 0 Å². The second-order valence-electron chi connectivity index (χ2n) is 6.55. The molecule has 0 aliphatic carbocycles. The summed E-state index contributed by atoms with van der Waals surface area (Å²) in [5, 5.41) is 0. The second-order valence-corrected chi connectivity index (χ2v) is 8.31. The molecule has 3 rings (SSSR count). The van der Waals surface area contributed by atoms with Crippen molar-refractivity contribution in [3.63, 3.8) is 0 Å². The van der Waals surface area contributed by atoms with Gasteiger partial charge in [-0.25, -0.2) is 13.1 Å². The molecule has 0 bridgehead atoms. The van der Waals surface area contributed by atoms with Crippen LogP contribution < -0.4 is 4.72 Å². The summed E-state index contributed by atoms with van der Waals surface area (Å²) in [6.07, 6.45) is 0.321. The number of hydrogen-bond donors (Lipinski definition) is 1. The van der Waals surface area contributed by atoms with Gasteiger partial charge in [-0.15, -0.1) is 0 Å². The molecule has 1 N–H and O–H groups in total. The van der Waals surface area contributed by atoms with Crippen LogP contribution in [0, 0.1) is 6.92 Å². The van der Waals surface area contributed by atoms with Crippen LogP contribution in [-0.2, 0) is 25.4 Å². The molecule has 0 unspecified atom stereocenters. The monoisotopic (exact) mass is 351 g/mol. The molecule has 8 heteroatoms. The van der Waals surface area contributed by atoms with Crippen molar-refractivity contribution < 1.29 is 18.0 Å². The molecule has 1 aromatic rings. The predicted molar refractivity (Wildman–Crippen MR) is 88.5 cm³/mol. The molecule has 0 spiro atoms. The molecule has 0 saturated carbocycles. The SMILES string of the molecule is Cc1ccc(CS(=O)(=O)N[C@@H]2C[C@H]3C(=O)N(C)CC(=O)N3C2)cc1. The van der Waals surface area contributed by atoms with E-state index in [1.165, 1.54) is 9.80 Å². The van der Waals surface area contributed by atoms with Gasteiger partial charge >= 0.3 is 0 Å². The molecule has 0 radical (unpaired) electrons. The number of aryl methyl sites for hydroxylation is 1. The molecule has 7 nitrogen and oxygen atoms in total. The maximum atomic E-state index is 12.4. The van der Waals surface area contributed by atoms with Crippen molar-refractivity contribution in [3.05, 3.63) is 35.4 Å². The summed E-state index contributed by atoms with van der Waals surface area (Å²) >= 11 is 0. The highest BCUT2D eigenvalue weighted by Gasteiger charge is 2.45. The number of fused-ring (bicyclic) bond motifs is 1. The van der Waals surface area contributed by atoms with Gasteiger partial charge in [-0.1, -0.05) is 29.8 Å². The minimum Gasteiger partial charge on any atom is -0.335 e. The largest absolute Gasteiger partial charge is 0.335 e. The predicted octanol–water partition coefficient (Wildman–Crippen LogP) is -0.144. The van der Waals surface area contributed by atoms with E-state index < -0.39 is 22.1 Å². The minimum absolute atomic E-state index is 0.0537. The van der Waals surface area contributed by atoms with E-state index in [0.29, 0.717) is 12.0 Å². The van der Waals surface area contributed by atoms with E-state index in [1.54, 1.807) is 19.2 Å². The first kappa shape index (κ1) is 16.9. The Kier molecular flexibility index (Phi) is 4.35. The van der Waals surface area contributed by atoms with E-state index in [9.17, 15) is 18.0 Å². The van der Waals surface area contributed by atoms with Gasteiger partial charge < -0.3 is 9.80 Å². The standard InChI is InChI=1S/C16H21N3O4S/c1-11-3-5-12(6-4-11)10-24(22,23)17-13-7-14-16(21)18(2)9-15(20)19(14)8-13/h3-6,13-14,17H,7-10H2,1-2H3/t13-,14+/m1/s1. The summed E-state index contributed by atoms with van der Waals surface area (Å²) in [6.45, 7) is 2.24. The molecule has 2 aliphatic rings. The van der Waals surface area contributed by atoms with Crippen molar-refractivity contribution in [2.24, 2.45) is 0 Å². The van der Waals surface area contributed by atoms with Gasteiger partial charge in [-0.2, -0.15) is 0 Å². The van der Waals surface area contributed by atoms with Gasteiger partial charge in [-0.3, -0.25) is 9.59 Å². The van der Waals surface area contributed by atoms with E-state index >= 15 is 0 Å². The highest BCUT2D eigenvalue weighted by atomic mass is 32.2. The Balaban J connectivity index is 1.67. The summed E-state index contributed by atoms with van der Waals surface area (Å²) in [7, 11) is -1.95. The Bertz CT molecular complexity index is 760. The van der Waals surface area contributed by atoms with Crippen LogP contribution in [0.4, 0.5) is 0 Å². The average molecular weight is 351 g/mol. The van der Waals surface area contributed by atoms with Crippen LogP contribution in [0.2, 0.25) is 0 Å². The van der Waals surface area contributed by atoms with Crippen LogP contribution in [0.15, 0.2) is 24.3 Å². The molecule has 2 amide bonds. The zero-order valence-corrected chi connectivity index (χ0v) is 14.5. The number of carbonyl (C=O) groups excluding carboxylic acids is 2. The maximum Gasteiger partial charge on any atom is 0.245 e. The van der Waals surface area contributed by atoms with Crippen LogP contribution in [0.5, 0.6) is 0 Å². The Morgan fingerprint density at radius 2 is 1.88 bits per heavy atom. The Morgan fingerprint density at radius 3 is 2.54 bits per heavy atom. The molecule has 2 fully saturated rings. The second kappa shape index (κ2) is 6.18. The van der Waals surface area contributed by atoms with E-state index in [1.807, 2.05) is 19.1 Å². The van der Waals surface area contributed by atoms with E-state index in [0.717, 1.165) is 5.56 Å². The highest BCUT2D eigenvalue weighted by Crippen LogP contribution is 2.24. The van der Waals surface area contributed by atoms with Gasteiger partial charge in [0.05, 0.1) is 12.3 Å². The van der Waals surface area contributed by atoms with Crippen LogP contribution in [0.1, 0.15) is 17.5 Å². The lowest BCUT2D eigenvalue weighted by atomic mass is 10.1. The lowest BCUT2D eigenvalue weighted by molar-refractivity contribution is -0.152. The number of rotatable bonds is 4. The average Bonchev–Trinajstić information content (AvgIpc) is 2.91. The van der Waals surface area contributed by atoms with Crippen LogP contribution >= 0.6 is 0 Å². The van der Waals surface area contributed by atoms with Gasteiger partial charge in [0.1, 0.15) is 6.04 Å². The zero-order valence-electron chi connectivity index (χ0n) is 13.7. The smallest absolute Gasteiger partial charge is 0.245 e. The summed E-state index contributed by atoms with van der Waals surface area (Å²) in [5.74, 6) is -0.381. The van der Waals surface area contributed by atoms with E-state index in [4.69, 9.17) is 0 Å². The van der Waals surface area contributed by atoms with Gasteiger partial charge in [0, 0.05) is 19.6 Å². The normalized spacial score (nSPS) is 24.4. The maximum absolute atomic E-state index is 12.4. The first-order chi connectivity index (χ1) is 11.2. The number of nitrogens with zero attached hydrogens (tertiary/aromatic N) is 2. The number of sulfonamides is 1. The topological polar surface area (TPSA) is 86.8 Å². The molecule has 2 saturated heterocycles. The van der Waals surface area contributed by atoms with Crippen LogP contribution in [-0.4, -0.2) is 62.3 Å². The molecule has 130 valence electrons. The number of likely N-dealkylation sites (N-methyl/N-ethyl adjacent to an activating group) is 1. The summed E-state index contributed by atoms with van der Waals surface area (Å²) < 4.78 is 27.4. The lowest BCUT2D eigenvalue weighted by Gasteiger charge is -2.33. The molecule has 0 aromatic heterocycles. The third-order valence-electron chi connectivity index (χ3n) is 4.48. The lowest BCUT2D eigenvalue weighted by Crippen LogP contribution is -2.55. The Hall–Kier alpha value is -1.93. The first-order valence-electron chi connectivity index (χ1n) is 7.85. The summed E-state index contributed by atoms with van der Waals surface area (Å²) in [4.78, 5) is 27.0. The number of amides is 2. The fourth-order valence-electron chi connectivity index (χ4n) is 3.26. The fourth-order valence-corrected chi connectivity index (χ4v) is 4.65.